The van der Waals surface area contributed by atoms with E-state index in [4.69, 9.17) is 9.84 Å². The number of aliphatic hydroxyl groups excluding tert-OH is 1. The van der Waals surface area contributed by atoms with E-state index < -0.39 is 0 Å². The second kappa shape index (κ2) is 4.21. The summed E-state index contributed by atoms with van der Waals surface area (Å²) in [5.41, 5.74) is 0.832. The van der Waals surface area contributed by atoms with Gasteiger partial charge in [0.2, 0.25) is 0 Å². The van der Waals surface area contributed by atoms with Crippen molar-refractivity contribution in [2.45, 2.75) is 6.61 Å². The summed E-state index contributed by atoms with van der Waals surface area (Å²) < 4.78 is 5.46. The standard InChI is InChI=1S/C10H9NO2S/c12-7-8-2-1-3-9(6-8)13-10-11-4-5-14-10/h1-6,12H,7H2. The van der Waals surface area contributed by atoms with Gasteiger partial charge >= 0.3 is 0 Å². The summed E-state index contributed by atoms with van der Waals surface area (Å²) >= 11 is 1.44. The highest BCUT2D eigenvalue weighted by Crippen LogP contribution is 2.23. The van der Waals surface area contributed by atoms with Crippen LogP contribution in [0.4, 0.5) is 0 Å². The van der Waals surface area contributed by atoms with Crippen molar-refractivity contribution < 1.29 is 9.84 Å². The maximum atomic E-state index is 8.92. The van der Waals surface area contributed by atoms with E-state index >= 15 is 0 Å². The van der Waals surface area contributed by atoms with Gasteiger partial charge in [0, 0.05) is 11.6 Å². The third kappa shape index (κ3) is 2.10. The summed E-state index contributed by atoms with van der Waals surface area (Å²) in [6.07, 6.45) is 1.69. The van der Waals surface area contributed by atoms with E-state index in [2.05, 4.69) is 4.98 Å². The van der Waals surface area contributed by atoms with Crippen molar-refractivity contribution in [2.24, 2.45) is 0 Å². The molecule has 0 atom stereocenters. The van der Waals surface area contributed by atoms with Crippen molar-refractivity contribution >= 4 is 11.3 Å². The number of aliphatic hydroxyl groups is 1. The van der Waals surface area contributed by atoms with Gasteiger partial charge in [-0.2, -0.15) is 0 Å². The van der Waals surface area contributed by atoms with Crippen LogP contribution in [0.25, 0.3) is 0 Å². The molecule has 0 aliphatic carbocycles. The van der Waals surface area contributed by atoms with E-state index in [1.807, 2.05) is 23.6 Å². The maximum absolute atomic E-state index is 8.92. The third-order valence-electron chi connectivity index (χ3n) is 1.70. The van der Waals surface area contributed by atoms with Gasteiger partial charge in [-0.1, -0.05) is 23.5 Å². The number of nitrogens with zero attached hydrogens (tertiary/aromatic N) is 1. The summed E-state index contributed by atoms with van der Waals surface area (Å²) in [6, 6.07) is 7.31. The zero-order valence-electron chi connectivity index (χ0n) is 7.38. The lowest BCUT2D eigenvalue weighted by atomic mass is 10.2. The third-order valence-corrected chi connectivity index (χ3v) is 2.34. The first-order valence-corrected chi connectivity index (χ1v) is 5.03. The molecule has 0 amide bonds. The molecule has 1 aromatic heterocycles. The Morgan fingerprint density at radius 3 is 3.07 bits per heavy atom. The van der Waals surface area contributed by atoms with Gasteiger partial charge in [-0.15, -0.1) is 0 Å². The van der Waals surface area contributed by atoms with Crippen LogP contribution < -0.4 is 4.74 Å². The molecule has 0 bridgehead atoms. The fourth-order valence-electron chi connectivity index (χ4n) is 1.07. The normalized spacial score (nSPS) is 10.1. The van der Waals surface area contributed by atoms with E-state index in [1.165, 1.54) is 11.3 Å². The molecular weight excluding hydrogens is 198 g/mol. The highest BCUT2D eigenvalue weighted by Gasteiger charge is 1.99. The average Bonchev–Trinajstić information content (AvgIpc) is 2.71. The highest BCUT2D eigenvalue weighted by atomic mass is 32.1. The molecule has 1 aromatic carbocycles. The van der Waals surface area contributed by atoms with Crippen LogP contribution in [0.5, 0.6) is 10.9 Å². The molecule has 0 saturated carbocycles. The summed E-state index contributed by atoms with van der Waals surface area (Å²) in [6.45, 7) is 0.0229. The molecule has 0 aliphatic heterocycles. The first kappa shape index (κ1) is 9.18. The van der Waals surface area contributed by atoms with Crippen molar-refractivity contribution in [3.05, 3.63) is 41.4 Å². The van der Waals surface area contributed by atoms with E-state index in [0.717, 1.165) is 5.56 Å². The average molecular weight is 207 g/mol. The predicted molar refractivity (Wildman–Crippen MR) is 54.6 cm³/mol. The van der Waals surface area contributed by atoms with Gasteiger partial charge in [-0.05, 0) is 17.7 Å². The van der Waals surface area contributed by atoms with Crippen molar-refractivity contribution in [1.29, 1.82) is 0 Å². The molecule has 2 aromatic rings. The molecule has 0 fully saturated rings. The second-order valence-electron chi connectivity index (χ2n) is 2.71. The molecule has 0 spiro atoms. The van der Waals surface area contributed by atoms with Crippen LogP contribution in [0.3, 0.4) is 0 Å². The molecule has 0 saturated heterocycles. The molecular formula is C10H9NO2S. The Kier molecular flexibility index (Phi) is 2.76. The Hall–Kier alpha value is -1.39. The summed E-state index contributed by atoms with van der Waals surface area (Å²) in [5, 5.41) is 11.4. The minimum absolute atomic E-state index is 0.0229. The Morgan fingerprint density at radius 2 is 2.36 bits per heavy atom. The molecule has 0 unspecified atom stereocenters. The zero-order chi connectivity index (χ0) is 9.80. The summed E-state index contributed by atoms with van der Waals surface area (Å²) in [4.78, 5) is 4.00. The zero-order valence-corrected chi connectivity index (χ0v) is 8.20. The second-order valence-corrected chi connectivity index (χ2v) is 3.56. The van der Waals surface area contributed by atoms with Crippen molar-refractivity contribution in [3.63, 3.8) is 0 Å². The molecule has 0 radical (unpaired) electrons. The lowest BCUT2D eigenvalue weighted by molar-refractivity contribution is 0.281. The monoisotopic (exact) mass is 207 g/mol. The molecule has 72 valence electrons. The van der Waals surface area contributed by atoms with Crippen LogP contribution in [-0.4, -0.2) is 10.1 Å². The molecule has 1 N–H and O–H groups in total. The maximum Gasteiger partial charge on any atom is 0.278 e. The van der Waals surface area contributed by atoms with Gasteiger partial charge in [-0.25, -0.2) is 4.98 Å². The van der Waals surface area contributed by atoms with E-state index in [0.29, 0.717) is 10.9 Å². The number of hydrogen-bond acceptors (Lipinski definition) is 4. The Bertz CT molecular complexity index is 400. The number of benzene rings is 1. The topological polar surface area (TPSA) is 42.4 Å². The van der Waals surface area contributed by atoms with Crippen LogP contribution in [0, 0.1) is 0 Å². The van der Waals surface area contributed by atoms with E-state index in [-0.39, 0.29) is 6.61 Å². The number of hydrogen-bond donors (Lipinski definition) is 1. The van der Waals surface area contributed by atoms with Crippen LogP contribution in [0.2, 0.25) is 0 Å². The largest absolute Gasteiger partial charge is 0.431 e. The number of thiazole rings is 1. The minimum Gasteiger partial charge on any atom is -0.431 e. The Balaban J connectivity index is 2.17. The van der Waals surface area contributed by atoms with Gasteiger partial charge in [-0.3, -0.25) is 0 Å². The molecule has 14 heavy (non-hydrogen) atoms. The van der Waals surface area contributed by atoms with Gasteiger partial charge in [0.25, 0.3) is 5.19 Å². The van der Waals surface area contributed by atoms with Crippen LogP contribution in [0.15, 0.2) is 35.8 Å². The summed E-state index contributed by atoms with van der Waals surface area (Å²) in [7, 11) is 0. The van der Waals surface area contributed by atoms with Gasteiger partial charge in [0.1, 0.15) is 5.75 Å². The van der Waals surface area contributed by atoms with Gasteiger partial charge < -0.3 is 9.84 Å². The van der Waals surface area contributed by atoms with Crippen LogP contribution >= 0.6 is 11.3 Å². The van der Waals surface area contributed by atoms with E-state index in [1.54, 1.807) is 12.3 Å². The molecule has 3 nitrogen and oxygen atoms in total. The lowest BCUT2D eigenvalue weighted by Gasteiger charge is -2.02. The first-order valence-electron chi connectivity index (χ1n) is 4.15. The number of rotatable bonds is 3. The fraction of sp³-hybridized carbons (Fsp3) is 0.100. The van der Waals surface area contributed by atoms with Crippen LogP contribution in [0.1, 0.15) is 5.56 Å². The molecule has 4 heteroatoms. The van der Waals surface area contributed by atoms with Gasteiger partial charge in [0.15, 0.2) is 0 Å². The van der Waals surface area contributed by atoms with Gasteiger partial charge in [0.05, 0.1) is 6.61 Å². The van der Waals surface area contributed by atoms with Crippen molar-refractivity contribution in [3.8, 4) is 10.9 Å². The van der Waals surface area contributed by atoms with Crippen molar-refractivity contribution in [2.75, 3.05) is 0 Å². The fourth-order valence-corrected chi connectivity index (χ4v) is 1.57. The highest BCUT2D eigenvalue weighted by molar-refractivity contribution is 7.11. The number of ether oxygens (including phenoxy) is 1. The molecule has 2 rings (SSSR count). The lowest BCUT2D eigenvalue weighted by Crippen LogP contribution is -1.86. The Labute approximate surface area is 85.6 Å². The molecule has 1 heterocycles. The predicted octanol–water partition coefficient (Wildman–Crippen LogP) is 2.43. The quantitative estimate of drug-likeness (QED) is 0.840. The molecule has 0 aliphatic rings. The SMILES string of the molecule is OCc1cccc(Oc2nccs2)c1. The summed E-state index contributed by atoms with van der Waals surface area (Å²) in [5.74, 6) is 0.700. The first-order chi connectivity index (χ1) is 6.88. The number of aromatic nitrogens is 1. The smallest absolute Gasteiger partial charge is 0.278 e. The van der Waals surface area contributed by atoms with Crippen molar-refractivity contribution in [1.82, 2.24) is 4.98 Å². The minimum atomic E-state index is 0.0229. The van der Waals surface area contributed by atoms with Crippen LogP contribution in [-0.2, 0) is 6.61 Å². The van der Waals surface area contributed by atoms with E-state index in [9.17, 15) is 0 Å². The Morgan fingerprint density at radius 1 is 1.43 bits per heavy atom.